The van der Waals surface area contributed by atoms with Crippen LogP contribution in [-0.4, -0.2) is 26.8 Å². The SMILES string of the molecule is COc1ccc(Cn2nc(C)c3c(Oc4cc(Cl)c([N+](=O)[O-])cc4F)ccnc32)cc1. The van der Waals surface area contributed by atoms with Crippen molar-refractivity contribution in [2.45, 2.75) is 13.5 Å². The van der Waals surface area contributed by atoms with E-state index < -0.39 is 16.4 Å². The van der Waals surface area contributed by atoms with Crippen molar-refractivity contribution in [2.75, 3.05) is 7.11 Å². The van der Waals surface area contributed by atoms with E-state index >= 15 is 0 Å². The van der Waals surface area contributed by atoms with Gasteiger partial charge in [-0.25, -0.2) is 14.1 Å². The zero-order chi connectivity index (χ0) is 22.1. The highest BCUT2D eigenvalue weighted by Gasteiger charge is 2.20. The molecule has 0 saturated heterocycles. The van der Waals surface area contributed by atoms with Crippen LogP contribution < -0.4 is 9.47 Å². The fourth-order valence-electron chi connectivity index (χ4n) is 3.20. The molecule has 0 atom stereocenters. The second kappa shape index (κ2) is 8.19. The minimum Gasteiger partial charge on any atom is -0.497 e. The molecule has 0 aliphatic carbocycles. The number of halogens is 2. The Bertz CT molecular complexity index is 1290. The minimum atomic E-state index is -0.899. The molecule has 0 fully saturated rings. The first-order chi connectivity index (χ1) is 14.9. The van der Waals surface area contributed by atoms with E-state index in [9.17, 15) is 14.5 Å². The second-order valence-corrected chi connectivity index (χ2v) is 7.10. The van der Waals surface area contributed by atoms with Gasteiger partial charge < -0.3 is 9.47 Å². The molecule has 2 heterocycles. The Labute approximate surface area is 180 Å². The van der Waals surface area contributed by atoms with Crippen molar-refractivity contribution in [3.8, 4) is 17.2 Å². The first kappa shape index (κ1) is 20.5. The average Bonchev–Trinajstić information content (AvgIpc) is 3.07. The lowest BCUT2D eigenvalue weighted by molar-refractivity contribution is -0.384. The van der Waals surface area contributed by atoms with E-state index in [2.05, 4.69) is 10.1 Å². The number of ether oxygens (including phenoxy) is 2. The van der Waals surface area contributed by atoms with Crippen molar-refractivity contribution in [1.29, 1.82) is 0 Å². The predicted molar refractivity (Wildman–Crippen MR) is 112 cm³/mol. The Balaban J connectivity index is 1.70. The topological polar surface area (TPSA) is 92.3 Å². The summed E-state index contributed by atoms with van der Waals surface area (Å²) in [6.07, 6.45) is 1.52. The molecule has 0 unspecified atom stereocenters. The van der Waals surface area contributed by atoms with Gasteiger partial charge >= 0.3 is 0 Å². The maximum Gasteiger partial charge on any atom is 0.291 e. The van der Waals surface area contributed by atoms with E-state index in [0.717, 1.165) is 23.4 Å². The standard InChI is InChI=1S/C21H16ClFN4O4/c1-12-20-18(31-19-9-15(22)17(27(28)29)10-16(19)23)7-8-24-21(20)26(25-12)11-13-3-5-14(30-2)6-4-13/h3-10H,11H2,1-2H3. The number of methoxy groups -OCH3 is 1. The molecular weight excluding hydrogens is 427 g/mol. The summed E-state index contributed by atoms with van der Waals surface area (Å²) >= 11 is 5.90. The second-order valence-electron chi connectivity index (χ2n) is 6.69. The summed E-state index contributed by atoms with van der Waals surface area (Å²) in [5.41, 5.74) is 1.65. The van der Waals surface area contributed by atoms with Gasteiger partial charge in [-0.1, -0.05) is 23.7 Å². The number of nitrogens with zero attached hydrogens (tertiary/aromatic N) is 4. The van der Waals surface area contributed by atoms with Gasteiger partial charge in [-0.3, -0.25) is 10.1 Å². The first-order valence-electron chi connectivity index (χ1n) is 9.13. The summed E-state index contributed by atoms with van der Waals surface area (Å²) in [4.78, 5) is 14.6. The van der Waals surface area contributed by atoms with Crippen molar-refractivity contribution in [3.63, 3.8) is 0 Å². The molecular formula is C21H16ClFN4O4. The Morgan fingerprint density at radius 3 is 2.61 bits per heavy atom. The summed E-state index contributed by atoms with van der Waals surface area (Å²) in [6, 6.07) is 11.0. The third-order valence-corrected chi connectivity index (χ3v) is 4.98. The maximum atomic E-state index is 14.4. The van der Waals surface area contributed by atoms with Crippen LogP contribution in [0.5, 0.6) is 17.2 Å². The molecule has 0 radical (unpaired) electrons. The molecule has 0 aliphatic heterocycles. The monoisotopic (exact) mass is 442 g/mol. The fourth-order valence-corrected chi connectivity index (χ4v) is 3.42. The van der Waals surface area contributed by atoms with Crippen molar-refractivity contribution >= 4 is 28.3 Å². The van der Waals surface area contributed by atoms with Crippen LogP contribution in [0.25, 0.3) is 11.0 Å². The number of hydrogen-bond donors (Lipinski definition) is 0. The molecule has 0 spiro atoms. The summed E-state index contributed by atoms with van der Waals surface area (Å²) in [7, 11) is 1.60. The quantitative estimate of drug-likeness (QED) is 0.297. The van der Waals surface area contributed by atoms with Gasteiger partial charge in [0.05, 0.1) is 35.7 Å². The van der Waals surface area contributed by atoms with Crippen LogP contribution in [-0.2, 0) is 6.54 Å². The fraction of sp³-hybridized carbons (Fsp3) is 0.143. The van der Waals surface area contributed by atoms with Gasteiger partial charge in [-0.15, -0.1) is 0 Å². The molecule has 158 valence electrons. The Kier molecular flexibility index (Phi) is 5.43. The van der Waals surface area contributed by atoms with Gasteiger partial charge in [0.2, 0.25) is 0 Å². The molecule has 31 heavy (non-hydrogen) atoms. The highest BCUT2D eigenvalue weighted by Crippen LogP contribution is 2.36. The number of aryl methyl sites for hydroxylation is 1. The molecule has 8 nitrogen and oxygen atoms in total. The number of fused-ring (bicyclic) bond motifs is 1. The van der Waals surface area contributed by atoms with Crippen LogP contribution in [0.1, 0.15) is 11.3 Å². The maximum absolute atomic E-state index is 14.4. The molecule has 2 aromatic carbocycles. The smallest absolute Gasteiger partial charge is 0.291 e. The molecule has 10 heteroatoms. The van der Waals surface area contributed by atoms with Crippen molar-refractivity contribution in [1.82, 2.24) is 14.8 Å². The van der Waals surface area contributed by atoms with Crippen molar-refractivity contribution in [2.24, 2.45) is 0 Å². The van der Waals surface area contributed by atoms with Crippen LogP contribution in [0.3, 0.4) is 0 Å². The van der Waals surface area contributed by atoms with Crippen molar-refractivity contribution in [3.05, 3.63) is 80.9 Å². The molecule has 0 bridgehead atoms. The van der Waals surface area contributed by atoms with Gasteiger partial charge in [-0.05, 0) is 30.7 Å². The Hall–Kier alpha value is -3.72. The Morgan fingerprint density at radius 2 is 1.94 bits per heavy atom. The lowest BCUT2D eigenvalue weighted by Crippen LogP contribution is -2.03. The molecule has 0 amide bonds. The van der Waals surface area contributed by atoms with Crippen LogP contribution in [0.15, 0.2) is 48.7 Å². The van der Waals surface area contributed by atoms with E-state index in [4.69, 9.17) is 21.1 Å². The lowest BCUT2D eigenvalue weighted by atomic mass is 10.2. The van der Waals surface area contributed by atoms with Crippen LogP contribution >= 0.6 is 11.6 Å². The lowest BCUT2D eigenvalue weighted by Gasteiger charge is -2.09. The van der Waals surface area contributed by atoms with E-state index in [0.29, 0.717) is 29.0 Å². The number of aromatic nitrogens is 3. The van der Waals surface area contributed by atoms with Gasteiger partial charge in [0, 0.05) is 12.3 Å². The van der Waals surface area contributed by atoms with E-state index in [1.807, 2.05) is 24.3 Å². The molecule has 0 aliphatic rings. The number of pyridine rings is 1. The number of nitro benzene ring substituents is 1. The first-order valence-corrected chi connectivity index (χ1v) is 9.51. The van der Waals surface area contributed by atoms with Gasteiger partial charge in [-0.2, -0.15) is 5.10 Å². The number of rotatable bonds is 6. The third kappa shape index (κ3) is 3.99. The highest BCUT2D eigenvalue weighted by molar-refractivity contribution is 6.32. The predicted octanol–water partition coefficient (Wildman–Crippen LogP) is 5.29. The van der Waals surface area contributed by atoms with E-state index in [1.165, 1.54) is 6.20 Å². The number of hydrogen-bond acceptors (Lipinski definition) is 6. The molecule has 4 rings (SSSR count). The summed E-state index contributed by atoms with van der Waals surface area (Å²) in [5, 5.41) is 15.9. The highest BCUT2D eigenvalue weighted by atomic mass is 35.5. The van der Waals surface area contributed by atoms with Gasteiger partial charge in [0.25, 0.3) is 5.69 Å². The summed E-state index contributed by atoms with van der Waals surface area (Å²) < 4.78 is 27.0. The third-order valence-electron chi connectivity index (χ3n) is 4.68. The number of nitro groups is 1. The molecule has 2 aromatic heterocycles. The minimum absolute atomic E-state index is 0.223. The van der Waals surface area contributed by atoms with E-state index in [1.54, 1.807) is 24.8 Å². The van der Waals surface area contributed by atoms with Gasteiger partial charge in [0.1, 0.15) is 16.5 Å². The molecule has 4 aromatic rings. The van der Waals surface area contributed by atoms with Gasteiger partial charge in [0.15, 0.2) is 17.2 Å². The summed E-state index contributed by atoms with van der Waals surface area (Å²) in [6.45, 7) is 2.25. The zero-order valence-electron chi connectivity index (χ0n) is 16.5. The normalized spacial score (nSPS) is 11.0. The average molecular weight is 443 g/mol. The zero-order valence-corrected chi connectivity index (χ0v) is 17.3. The van der Waals surface area contributed by atoms with Crippen LogP contribution in [0.4, 0.5) is 10.1 Å². The molecule has 0 N–H and O–H groups in total. The van der Waals surface area contributed by atoms with Crippen LogP contribution in [0, 0.1) is 22.9 Å². The number of benzene rings is 2. The van der Waals surface area contributed by atoms with Crippen molar-refractivity contribution < 1.29 is 18.8 Å². The van der Waals surface area contributed by atoms with E-state index in [-0.39, 0.29) is 10.8 Å². The largest absolute Gasteiger partial charge is 0.497 e. The summed E-state index contributed by atoms with van der Waals surface area (Å²) in [5.74, 6) is -0.0649. The Morgan fingerprint density at radius 1 is 1.19 bits per heavy atom. The van der Waals surface area contributed by atoms with Crippen LogP contribution in [0.2, 0.25) is 5.02 Å². The molecule has 0 saturated carbocycles.